The standard InChI is InChI=1S/C19H19FN4O2/c20-9-10-21-13-16-19(15-4-2-1-3-5-15)22-17-12-14(8-11-24(16)17)6-7-18(25)23-26/h1-8,11-12,21,26H,9-10,13H2,(H,23,25)/b7-6+. The van der Waals surface area contributed by atoms with Crippen molar-refractivity contribution in [2.24, 2.45) is 0 Å². The van der Waals surface area contributed by atoms with E-state index in [9.17, 15) is 9.18 Å². The number of alkyl halides is 1. The number of hydrogen-bond acceptors (Lipinski definition) is 4. The molecule has 0 atom stereocenters. The number of aromatic nitrogens is 2. The van der Waals surface area contributed by atoms with Crippen molar-refractivity contribution in [3.8, 4) is 11.3 Å². The molecule has 1 amide bonds. The van der Waals surface area contributed by atoms with Crippen LogP contribution < -0.4 is 10.8 Å². The molecule has 0 aliphatic carbocycles. The van der Waals surface area contributed by atoms with Crippen LogP contribution in [0.1, 0.15) is 11.3 Å². The van der Waals surface area contributed by atoms with Gasteiger partial charge >= 0.3 is 0 Å². The highest BCUT2D eigenvalue weighted by molar-refractivity contribution is 5.91. The lowest BCUT2D eigenvalue weighted by Crippen LogP contribution is -2.17. The quantitative estimate of drug-likeness (QED) is 0.264. The molecule has 7 heteroatoms. The zero-order valence-corrected chi connectivity index (χ0v) is 14.0. The van der Waals surface area contributed by atoms with E-state index >= 15 is 0 Å². The fraction of sp³-hybridized carbons (Fsp3) is 0.158. The minimum atomic E-state index is -0.602. The van der Waals surface area contributed by atoms with E-state index in [0.29, 0.717) is 12.2 Å². The van der Waals surface area contributed by atoms with Crippen molar-refractivity contribution in [3.63, 3.8) is 0 Å². The van der Waals surface area contributed by atoms with E-state index in [1.54, 1.807) is 11.6 Å². The van der Waals surface area contributed by atoms with Crippen molar-refractivity contribution in [1.29, 1.82) is 0 Å². The third-order valence-corrected chi connectivity index (χ3v) is 3.90. The molecule has 2 heterocycles. The first-order valence-corrected chi connectivity index (χ1v) is 8.18. The minimum absolute atomic E-state index is 0.276. The number of pyridine rings is 1. The number of imidazole rings is 1. The minimum Gasteiger partial charge on any atom is -0.309 e. The van der Waals surface area contributed by atoms with Crippen LogP contribution in [-0.4, -0.2) is 33.7 Å². The van der Waals surface area contributed by atoms with Crippen LogP contribution in [0.15, 0.2) is 54.7 Å². The van der Waals surface area contributed by atoms with Crippen LogP contribution in [0, 0.1) is 0 Å². The van der Waals surface area contributed by atoms with Gasteiger partial charge in [0.1, 0.15) is 12.3 Å². The summed E-state index contributed by atoms with van der Waals surface area (Å²) in [7, 11) is 0. The van der Waals surface area contributed by atoms with Crippen LogP contribution in [-0.2, 0) is 11.3 Å². The SMILES string of the molecule is O=C(/C=C/c1ccn2c(CNCCF)c(-c3ccccc3)nc2c1)NO. The molecule has 0 aliphatic heterocycles. The number of carbonyl (C=O) groups is 1. The molecule has 26 heavy (non-hydrogen) atoms. The summed E-state index contributed by atoms with van der Waals surface area (Å²) >= 11 is 0. The summed E-state index contributed by atoms with van der Waals surface area (Å²) in [6.07, 6.45) is 4.68. The molecule has 6 nitrogen and oxygen atoms in total. The second kappa shape index (κ2) is 8.37. The third kappa shape index (κ3) is 3.96. The molecular formula is C19H19FN4O2. The third-order valence-electron chi connectivity index (χ3n) is 3.90. The Hall–Kier alpha value is -3.03. The molecular weight excluding hydrogens is 335 g/mol. The van der Waals surface area contributed by atoms with E-state index in [4.69, 9.17) is 10.2 Å². The van der Waals surface area contributed by atoms with Crippen molar-refractivity contribution in [2.45, 2.75) is 6.54 Å². The molecule has 3 aromatic rings. The van der Waals surface area contributed by atoms with Crippen LogP contribution in [0.5, 0.6) is 0 Å². The maximum atomic E-state index is 12.4. The normalized spacial score (nSPS) is 11.3. The van der Waals surface area contributed by atoms with Crippen LogP contribution in [0.25, 0.3) is 23.0 Å². The Labute approximate surface area is 150 Å². The van der Waals surface area contributed by atoms with Gasteiger partial charge in [-0.3, -0.25) is 10.0 Å². The molecule has 0 radical (unpaired) electrons. The number of nitrogens with one attached hydrogen (secondary N) is 2. The van der Waals surface area contributed by atoms with Gasteiger partial charge < -0.3 is 9.72 Å². The summed E-state index contributed by atoms with van der Waals surface area (Å²) in [5.41, 5.74) is 5.77. The molecule has 3 rings (SSSR count). The lowest BCUT2D eigenvalue weighted by Gasteiger charge is -2.06. The van der Waals surface area contributed by atoms with Crippen LogP contribution in [0.3, 0.4) is 0 Å². The first kappa shape index (κ1) is 17.8. The fourth-order valence-electron chi connectivity index (χ4n) is 2.69. The van der Waals surface area contributed by atoms with Crippen molar-refractivity contribution >= 4 is 17.6 Å². The number of carbonyl (C=O) groups excluding carboxylic acids is 1. The van der Waals surface area contributed by atoms with E-state index < -0.39 is 12.6 Å². The second-order valence-corrected chi connectivity index (χ2v) is 5.64. The topological polar surface area (TPSA) is 78.7 Å². The van der Waals surface area contributed by atoms with Crippen LogP contribution >= 0.6 is 0 Å². The number of halogens is 1. The summed E-state index contributed by atoms with van der Waals surface area (Å²) in [6.45, 7) is 0.329. The van der Waals surface area contributed by atoms with E-state index in [2.05, 4.69) is 5.32 Å². The highest BCUT2D eigenvalue weighted by Crippen LogP contribution is 2.25. The van der Waals surface area contributed by atoms with Crippen LogP contribution in [0.4, 0.5) is 4.39 Å². The average Bonchev–Trinajstić information content (AvgIpc) is 3.05. The number of nitrogens with zero attached hydrogens (tertiary/aromatic N) is 2. The van der Waals surface area contributed by atoms with Gasteiger partial charge in [0.2, 0.25) is 0 Å². The second-order valence-electron chi connectivity index (χ2n) is 5.64. The van der Waals surface area contributed by atoms with Gasteiger partial charge in [0, 0.05) is 30.9 Å². The van der Waals surface area contributed by atoms with Gasteiger partial charge in [-0.05, 0) is 23.8 Å². The maximum absolute atomic E-state index is 12.4. The molecule has 0 saturated carbocycles. The van der Waals surface area contributed by atoms with Gasteiger partial charge in [0.25, 0.3) is 5.91 Å². The maximum Gasteiger partial charge on any atom is 0.267 e. The zero-order chi connectivity index (χ0) is 18.4. The molecule has 0 unspecified atom stereocenters. The Balaban J connectivity index is 2.02. The van der Waals surface area contributed by atoms with Gasteiger partial charge in [-0.25, -0.2) is 14.9 Å². The van der Waals surface area contributed by atoms with Gasteiger partial charge in [-0.2, -0.15) is 0 Å². The Morgan fingerprint density at radius 1 is 1.27 bits per heavy atom. The highest BCUT2D eigenvalue weighted by atomic mass is 19.1. The Bertz CT molecular complexity index is 922. The van der Waals surface area contributed by atoms with E-state index in [1.807, 2.05) is 53.1 Å². The number of hydrogen-bond donors (Lipinski definition) is 3. The largest absolute Gasteiger partial charge is 0.309 e. The zero-order valence-electron chi connectivity index (χ0n) is 14.0. The molecule has 2 aromatic heterocycles. The van der Waals surface area contributed by atoms with Gasteiger partial charge in [0.05, 0.1) is 11.4 Å². The smallest absolute Gasteiger partial charge is 0.267 e. The van der Waals surface area contributed by atoms with Crippen molar-refractivity contribution in [3.05, 3.63) is 66.0 Å². The lowest BCUT2D eigenvalue weighted by atomic mass is 10.1. The number of amides is 1. The molecule has 0 saturated heterocycles. The van der Waals surface area contributed by atoms with E-state index in [-0.39, 0.29) is 6.54 Å². The number of fused-ring (bicyclic) bond motifs is 1. The first-order chi connectivity index (χ1) is 12.7. The van der Waals surface area contributed by atoms with Crippen LogP contribution in [0.2, 0.25) is 0 Å². The van der Waals surface area contributed by atoms with Gasteiger partial charge in [-0.1, -0.05) is 30.3 Å². The summed E-state index contributed by atoms with van der Waals surface area (Å²) < 4.78 is 14.4. The summed E-state index contributed by atoms with van der Waals surface area (Å²) in [5.74, 6) is -0.602. The number of benzene rings is 1. The van der Waals surface area contributed by atoms with Gasteiger partial charge in [-0.15, -0.1) is 0 Å². The molecule has 134 valence electrons. The monoisotopic (exact) mass is 354 g/mol. The number of hydroxylamine groups is 1. The van der Waals surface area contributed by atoms with Crippen molar-refractivity contribution in [1.82, 2.24) is 20.2 Å². The Morgan fingerprint density at radius 2 is 2.08 bits per heavy atom. The summed E-state index contributed by atoms with van der Waals surface area (Å²) in [5, 5.41) is 11.6. The number of rotatable bonds is 7. The summed E-state index contributed by atoms with van der Waals surface area (Å²) in [4.78, 5) is 15.8. The fourth-order valence-corrected chi connectivity index (χ4v) is 2.69. The Morgan fingerprint density at radius 3 is 2.81 bits per heavy atom. The highest BCUT2D eigenvalue weighted by Gasteiger charge is 2.13. The molecule has 0 spiro atoms. The lowest BCUT2D eigenvalue weighted by molar-refractivity contribution is -0.124. The molecule has 0 bridgehead atoms. The predicted molar refractivity (Wildman–Crippen MR) is 97.3 cm³/mol. The first-order valence-electron chi connectivity index (χ1n) is 8.18. The van der Waals surface area contributed by atoms with Crippen molar-refractivity contribution in [2.75, 3.05) is 13.2 Å². The van der Waals surface area contributed by atoms with E-state index in [0.717, 1.165) is 22.5 Å². The predicted octanol–water partition coefficient (Wildman–Crippen LogP) is 2.58. The summed E-state index contributed by atoms with van der Waals surface area (Å²) in [6, 6.07) is 13.5. The van der Waals surface area contributed by atoms with Crippen molar-refractivity contribution < 1.29 is 14.4 Å². The Kier molecular flexibility index (Phi) is 5.73. The molecule has 0 fully saturated rings. The molecule has 1 aromatic carbocycles. The average molecular weight is 354 g/mol. The molecule has 0 aliphatic rings. The van der Waals surface area contributed by atoms with E-state index in [1.165, 1.54) is 6.08 Å². The van der Waals surface area contributed by atoms with Gasteiger partial charge in [0.15, 0.2) is 0 Å². The molecule has 3 N–H and O–H groups in total.